The van der Waals surface area contributed by atoms with E-state index in [2.05, 4.69) is 12.2 Å². The maximum absolute atomic E-state index is 12.9. The number of hydrogen-bond donors (Lipinski definition) is 1. The minimum Gasteiger partial charge on any atom is -0.469 e. The van der Waals surface area contributed by atoms with E-state index in [0.717, 1.165) is 40.2 Å². The van der Waals surface area contributed by atoms with Crippen molar-refractivity contribution in [2.24, 2.45) is 0 Å². The molecule has 1 N–H and O–H groups in total. The third-order valence-electron chi connectivity index (χ3n) is 4.82. The lowest BCUT2D eigenvalue weighted by Crippen LogP contribution is -2.29. The van der Waals surface area contributed by atoms with Gasteiger partial charge in [-0.05, 0) is 43.2 Å². The Morgan fingerprint density at radius 2 is 1.93 bits per heavy atom. The highest BCUT2D eigenvalue weighted by Crippen LogP contribution is 2.33. The monoisotopic (exact) mass is 386 g/mol. The normalized spacial score (nSPS) is 12.3. The molecule has 0 aliphatic carbocycles. The van der Waals surface area contributed by atoms with Gasteiger partial charge >= 0.3 is 12.0 Å². The van der Waals surface area contributed by atoms with E-state index in [9.17, 15) is 9.59 Å². The van der Waals surface area contributed by atoms with Gasteiger partial charge in [0.15, 0.2) is 0 Å². The van der Waals surface area contributed by atoms with E-state index in [-0.39, 0.29) is 12.0 Å². The van der Waals surface area contributed by atoms with Crippen LogP contribution in [0.5, 0.6) is 0 Å². The molecule has 0 saturated heterocycles. The fourth-order valence-electron chi connectivity index (χ4n) is 3.26. The molecule has 27 heavy (non-hydrogen) atoms. The highest BCUT2D eigenvalue weighted by molar-refractivity contribution is 6.32. The van der Waals surface area contributed by atoms with E-state index < -0.39 is 5.92 Å². The van der Waals surface area contributed by atoms with Crippen molar-refractivity contribution in [1.29, 1.82) is 0 Å². The van der Waals surface area contributed by atoms with Gasteiger partial charge < -0.3 is 10.1 Å². The molecule has 0 spiro atoms. The SMILES string of the molecule is CCCCNC(=O)n1c2ccc(Cl)cc2c2ccc(C(C)C(=O)OC)cc21. The van der Waals surface area contributed by atoms with Crippen LogP contribution < -0.4 is 5.32 Å². The second kappa shape index (κ2) is 8.01. The number of halogens is 1. The van der Waals surface area contributed by atoms with Crippen LogP contribution in [0.25, 0.3) is 21.8 Å². The number of rotatable bonds is 5. The van der Waals surface area contributed by atoms with Gasteiger partial charge in [-0.3, -0.25) is 9.36 Å². The van der Waals surface area contributed by atoms with Crippen molar-refractivity contribution in [1.82, 2.24) is 9.88 Å². The predicted octanol–water partition coefficient (Wildman–Crippen LogP) is 5.08. The smallest absolute Gasteiger partial charge is 0.326 e. The summed E-state index contributed by atoms with van der Waals surface area (Å²) in [4.78, 5) is 24.8. The fourth-order valence-corrected chi connectivity index (χ4v) is 3.43. The third kappa shape index (κ3) is 3.65. The van der Waals surface area contributed by atoms with Crippen molar-refractivity contribution < 1.29 is 14.3 Å². The molecule has 0 fully saturated rings. The molecule has 6 heteroatoms. The van der Waals surface area contributed by atoms with Crippen molar-refractivity contribution in [2.45, 2.75) is 32.6 Å². The number of carbonyl (C=O) groups is 2. The van der Waals surface area contributed by atoms with Gasteiger partial charge in [0.2, 0.25) is 0 Å². The predicted molar refractivity (Wildman–Crippen MR) is 109 cm³/mol. The number of unbranched alkanes of at least 4 members (excludes halogenated alkanes) is 1. The number of aromatic nitrogens is 1. The van der Waals surface area contributed by atoms with Crippen molar-refractivity contribution in [3.05, 3.63) is 47.0 Å². The Morgan fingerprint density at radius 3 is 2.63 bits per heavy atom. The Balaban J connectivity index is 2.19. The average molecular weight is 387 g/mol. The van der Waals surface area contributed by atoms with Gasteiger partial charge in [0.1, 0.15) is 0 Å². The number of nitrogens with one attached hydrogen (secondary N) is 1. The summed E-state index contributed by atoms with van der Waals surface area (Å²) in [6.07, 6.45) is 1.92. The van der Waals surface area contributed by atoms with Crippen LogP contribution in [0.4, 0.5) is 4.79 Å². The molecule has 1 atom stereocenters. The summed E-state index contributed by atoms with van der Waals surface area (Å²) in [5.41, 5.74) is 2.33. The standard InChI is InChI=1S/C21H23ClN2O3/c1-4-5-10-23-21(26)24-18-9-7-15(22)12-17(18)16-8-6-14(11-19(16)24)13(2)20(25)27-3/h6-9,11-13H,4-5,10H2,1-3H3,(H,23,26). The second-order valence-corrected chi connectivity index (χ2v) is 7.04. The summed E-state index contributed by atoms with van der Waals surface area (Å²) >= 11 is 6.18. The molecule has 0 saturated carbocycles. The summed E-state index contributed by atoms with van der Waals surface area (Å²) in [7, 11) is 1.37. The maximum atomic E-state index is 12.9. The Bertz CT molecular complexity index is 1010. The van der Waals surface area contributed by atoms with E-state index in [4.69, 9.17) is 16.3 Å². The molecule has 1 unspecified atom stereocenters. The summed E-state index contributed by atoms with van der Waals surface area (Å²) in [6.45, 7) is 4.48. The quantitative estimate of drug-likeness (QED) is 0.491. The van der Waals surface area contributed by atoms with Gasteiger partial charge in [-0.1, -0.05) is 37.1 Å². The molecular weight excluding hydrogens is 364 g/mol. The van der Waals surface area contributed by atoms with Crippen molar-refractivity contribution in [3.8, 4) is 0 Å². The molecule has 0 radical (unpaired) electrons. The Hall–Kier alpha value is -2.53. The lowest BCUT2D eigenvalue weighted by molar-refractivity contribution is -0.141. The molecule has 0 bridgehead atoms. The zero-order valence-electron chi connectivity index (χ0n) is 15.7. The van der Waals surface area contributed by atoms with Gasteiger partial charge in [-0.2, -0.15) is 0 Å². The number of esters is 1. The highest BCUT2D eigenvalue weighted by atomic mass is 35.5. The summed E-state index contributed by atoms with van der Waals surface area (Å²) < 4.78 is 6.51. The lowest BCUT2D eigenvalue weighted by atomic mass is 9.99. The van der Waals surface area contributed by atoms with Gasteiger partial charge in [0.25, 0.3) is 0 Å². The molecule has 142 valence electrons. The highest BCUT2D eigenvalue weighted by Gasteiger charge is 2.20. The lowest BCUT2D eigenvalue weighted by Gasteiger charge is -2.11. The van der Waals surface area contributed by atoms with Crippen molar-refractivity contribution in [3.63, 3.8) is 0 Å². The van der Waals surface area contributed by atoms with Gasteiger partial charge in [-0.25, -0.2) is 4.79 Å². The first-order valence-electron chi connectivity index (χ1n) is 9.07. The molecule has 3 rings (SSSR count). The van der Waals surface area contributed by atoms with Crippen molar-refractivity contribution in [2.75, 3.05) is 13.7 Å². The number of benzene rings is 2. The first-order valence-corrected chi connectivity index (χ1v) is 9.45. The average Bonchev–Trinajstić information content (AvgIpc) is 2.99. The summed E-state index contributed by atoms with van der Waals surface area (Å²) in [5.74, 6) is -0.731. The third-order valence-corrected chi connectivity index (χ3v) is 5.05. The van der Waals surface area contributed by atoms with E-state index in [1.165, 1.54) is 7.11 Å². The van der Waals surface area contributed by atoms with Crippen molar-refractivity contribution >= 4 is 45.4 Å². The van der Waals surface area contributed by atoms with Crippen LogP contribution in [-0.4, -0.2) is 30.2 Å². The van der Waals surface area contributed by atoms with E-state index >= 15 is 0 Å². The zero-order chi connectivity index (χ0) is 19.6. The number of carbonyl (C=O) groups excluding carboxylic acids is 2. The number of nitrogens with zero attached hydrogens (tertiary/aromatic N) is 1. The Kier molecular flexibility index (Phi) is 5.71. The van der Waals surface area contributed by atoms with E-state index in [0.29, 0.717) is 11.6 Å². The van der Waals surface area contributed by atoms with Crippen LogP contribution in [0.2, 0.25) is 5.02 Å². The number of amides is 1. The van der Waals surface area contributed by atoms with E-state index in [1.54, 1.807) is 17.6 Å². The molecule has 2 aromatic carbocycles. The van der Waals surface area contributed by atoms with Gasteiger partial charge in [-0.15, -0.1) is 0 Å². The summed E-state index contributed by atoms with van der Waals surface area (Å²) in [6, 6.07) is 11.0. The first-order chi connectivity index (χ1) is 13.0. The van der Waals surface area contributed by atoms with Gasteiger partial charge in [0.05, 0.1) is 24.1 Å². The van der Waals surface area contributed by atoms with Crippen LogP contribution in [-0.2, 0) is 9.53 Å². The van der Waals surface area contributed by atoms with E-state index in [1.807, 2.05) is 30.3 Å². The topological polar surface area (TPSA) is 60.3 Å². The van der Waals surface area contributed by atoms with Crippen LogP contribution in [0.15, 0.2) is 36.4 Å². The summed E-state index contributed by atoms with van der Waals surface area (Å²) in [5, 5.41) is 5.40. The van der Waals surface area contributed by atoms with Crippen LogP contribution >= 0.6 is 11.6 Å². The first kappa shape index (κ1) is 19.2. The van der Waals surface area contributed by atoms with Crippen LogP contribution in [0.3, 0.4) is 0 Å². The zero-order valence-corrected chi connectivity index (χ0v) is 16.5. The molecule has 3 aromatic rings. The molecule has 0 aliphatic heterocycles. The maximum Gasteiger partial charge on any atom is 0.326 e. The number of fused-ring (bicyclic) bond motifs is 3. The molecule has 0 aliphatic rings. The van der Waals surface area contributed by atoms with Gasteiger partial charge in [0, 0.05) is 22.3 Å². The molecule has 1 heterocycles. The Labute approximate surface area is 163 Å². The second-order valence-electron chi connectivity index (χ2n) is 6.60. The molecule has 1 amide bonds. The minimum absolute atomic E-state index is 0.186. The van der Waals surface area contributed by atoms with Crippen LogP contribution in [0.1, 0.15) is 38.2 Å². The largest absolute Gasteiger partial charge is 0.469 e. The van der Waals surface area contributed by atoms with Crippen LogP contribution in [0, 0.1) is 0 Å². The number of hydrogen-bond acceptors (Lipinski definition) is 3. The molecule has 5 nitrogen and oxygen atoms in total. The Morgan fingerprint density at radius 1 is 1.15 bits per heavy atom. The minimum atomic E-state index is -0.419. The fraction of sp³-hybridized carbons (Fsp3) is 0.333. The molecular formula is C21H23ClN2O3. The molecule has 1 aromatic heterocycles. The number of methoxy groups -OCH3 is 1. The number of ether oxygens (including phenoxy) is 1.